The van der Waals surface area contributed by atoms with Crippen molar-refractivity contribution in [3.63, 3.8) is 0 Å². The summed E-state index contributed by atoms with van der Waals surface area (Å²) in [5, 5.41) is 4.91. The molecule has 19 heavy (non-hydrogen) atoms. The monoisotopic (exact) mass is 256 g/mol. The summed E-state index contributed by atoms with van der Waals surface area (Å²) < 4.78 is 5.62. The number of hydrogen-bond donors (Lipinski definition) is 1. The van der Waals surface area contributed by atoms with Crippen molar-refractivity contribution in [2.24, 2.45) is 5.92 Å². The summed E-state index contributed by atoms with van der Waals surface area (Å²) >= 11 is 0. The molecule has 2 unspecified atom stereocenters. The maximum absolute atomic E-state index is 5.62. The minimum absolute atomic E-state index is 0.614. The molecule has 2 atom stereocenters. The summed E-state index contributed by atoms with van der Waals surface area (Å²) in [5.74, 6) is 0.867. The molecule has 3 heteroatoms. The van der Waals surface area contributed by atoms with Gasteiger partial charge < -0.3 is 9.73 Å². The lowest BCUT2D eigenvalue weighted by Crippen LogP contribution is -2.59. The maximum atomic E-state index is 5.62. The van der Waals surface area contributed by atoms with Crippen molar-refractivity contribution in [2.45, 2.75) is 25.4 Å². The van der Waals surface area contributed by atoms with E-state index in [0.29, 0.717) is 6.17 Å². The van der Waals surface area contributed by atoms with Crippen LogP contribution in [-0.2, 0) is 6.42 Å². The van der Waals surface area contributed by atoms with E-state index < -0.39 is 0 Å². The summed E-state index contributed by atoms with van der Waals surface area (Å²) in [6, 6.07) is 8.33. The predicted molar refractivity (Wildman–Crippen MR) is 76.0 cm³/mol. The van der Waals surface area contributed by atoms with Gasteiger partial charge in [-0.3, -0.25) is 4.90 Å². The second kappa shape index (κ2) is 4.66. The molecule has 2 aromatic rings. The molecule has 3 fully saturated rings. The molecule has 5 rings (SSSR count). The molecule has 4 heterocycles. The third-order valence-electron chi connectivity index (χ3n) is 4.65. The van der Waals surface area contributed by atoms with E-state index in [1.165, 1.54) is 36.9 Å². The van der Waals surface area contributed by atoms with Crippen LogP contribution in [0.2, 0.25) is 0 Å². The Hall–Kier alpha value is -1.32. The number of para-hydroxylation sites is 1. The molecule has 0 aliphatic carbocycles. The normalized spacial score (nSPS) is 27.2. The molecule has 1 aromatic carbocycles. The smallest absolute Gasteiger partial charge is 0.134 e. The topological polar surface area (TPSA) is 28.4 Å². The first kappa shape index (κ1) is 11.5. The number of benzene rings is 1. The predicted octanol–water partition coefficient (Wildman–Crippen LogP) is 2.62. The van der Waals surface area contributed by atoms with E-state index in [2.05, 4.69) is 22.3 Å². The molecule has 3 saturated heterocycles. The fraction of sp³-hybridized carbons (Fsp3) is 0.500. The molecular formula is C16H20N2O. The van der Waals surface area contributed by atoms with Crippen LogP contribution < -0.4 is 5.32 Å². The van der Waals surface area contributed by atoms with Crippen LogP contribution >= 0.6 is 0 Å². The fourth-order valence-corrected chi connectivity index (χ4v) is 3.56. The molecule has 0 saturated carbocycles. The van der Waals surface area contributed by atoms with Gasteiger partial charge in [-0.05, 0) is 36.8 Å². The lowest BCUT2D eigenvalue weighted by molar-refractivity contribution is 0.0386. The number of nitrogens with zero attached hydrogens (tertiary/aromatic N) is 1. The van der Waals surface area contributed by atoms with Crippen LogP contribution in [0.1, 0.15) is 18.4 Å². The second-order valence-corrected chi connectivity index (χ2v) is 5.87. The maximum Gasteiger partial charge on any atom is 0.134 e. The summed E-state index contributed by atoms with van der Waals surface area (Å²) in [5.41, 5.74) is 2.35. The molecule has 3 nitrogen and oxygen atoms in total. The van der Waals surface area contributed by atoms with Crippen molar-refractivity contribution in [3.8, 4) is 0 Å². The van der Waals surface area contributed by atoms with E-state index in [4.69, 9.17) is 4.42 Å². The highest BCUT2D eigenvalue weighted by atomic mass is 16.3. The average Bonchev–Trinajstić information content (AvgIpc) is 2.90. The van der Waals surface area contributed by atoms with Crippen LogP contribution in [0.25, 0.3) is 11.0 Å². The number of fused-ring (bicyclic) bond motifs is 4. The van der Waals surface area contributed by atoms with E-state index in [1.54, 1.807) is 0 Å². The van der Waals surface area contributed by atoms with Crippen LogP contribution in [0, 0.1) is 5.92 Å². The first-order chi connectivity index (χ1) is 9.40. The van der Waals surface area contributed by atoms with Crippen LogP contribution in [0.3, 0.4) is 0 Å². The number of piperidine rings is 2. The number of rotatable bonds is 3. The summed E-state index contributed by atoms with van der Waals surface area (Å²) in [4.78, 5) is 2.61. The van der Waals surface area contributed by atoms with Gasteiger partial charge in [0.25, 0.3) is 0 Å². The fourth-order valence-electron chi connectivity index (χ4n) is 3.56. The van der Waals surface area contributed by atoms with Crippen LogP contribution in [0.4, 0.5) is 0 Å². The van der Waals surface area contributed by atoms with Gasteiger partial charge in [-0.15, -0.1) is 0 Å². The molecule has 0 radical (unpaired) electrons. The van der Waals surface area contributed by atoms with Crippen molar-refractivity contribution < 1.29 is 4.42 Å². The van der Waals surface area contributed by atoms with E-state index in [-0.39, 0.29) is 0 Å². The third kappa shape index (κ3) is 2.07. The summed E-state index contributed by atoms with van der Waals surface area (Å²) in [7, 11) is 0. The van der Waals surface area contributed by atoms with Crippen LogP contribution in [0.15, 0.2) is 34.9 Å². The second-order valence-electron chi connectivity index (χ2n) is 5.87. The Balaban J connectivity index is 1.47. The molecule has 2 bridgehead atoms. The van der Waals surface area contributed by atoms with E-state index in [1.807, 2.05) is 18.4 Å². The Bertz CT molecular complexity index is 569. The minimum atomic E-state index is 0.614. The van der Waals surface area contributed by atoms with Gasteiger partial charge in [-0.2, -0.15) is 0 Å². The van der Waals surface area contributed by atoms with Gasteiger partial charge in [0, 0.05) is 25.0 Å². The molecule has 3 aliphatic heterocycles. The number of furan rings is 1. The van der Waals surface area contributed by atoms with E-state index in [0.717, 1.165) is 24.5 Å². The minimum Gasteiger partial charge on any atom is -0.464 e. The van der Waals surface area contributed by atoms with Crippen molar-refractivity contribution in [1.82, 2.24) is 10.2 Å². The molecular weight excluding hydrogens is 236 g/mol. The van der Waals surface area contributed by atoms with Crippen molar-refractivity contribution in [1.29, 1.82) is 0 Å². The van der Waals surface area contributed by atoms with Gasteiger partial charge in [0.2, 0.25) is 0 Å². The quantitative estimate of drug-likeness (QED) is 0.915. The highest BCUT2D eigenvalue weighted by molar-refractivity contribution is 5.80. The zero-order valence-electron chi connectivity index (χ0n) is 11.1. The largest absolute Gasteiger partial charge is 0.464 e. The first-order valence-electron chi connectivity index (χ1n) is 7.33. The Kier molecular flexibility index (Phi) is 2.82. The Morgan fingerprint density at radius 1 is 1.26 bits per heavy atom. The first-order valence-corrected chi connectivity index (χ1v) is 7.33. The van der Waals surface area contributed by atoms with Crippen LogP contribution in [-0.4, -0.2) is 30.7 Å². The highest BCUT2D eigenvalue weighted by Gasteiger charge is 2.32. The molecule has 1 N–H and O–H groups in total. The molecule has 0 amide bonds. The van der Waals surface area contributed by atoms with Gasteiger partial charge in [0.05, 0.1) is 12.4 Å². The Labute approximate surface area is 113 Å². The van der Waals surface area contributed by atoms with E-state index in [9.17, 15) is 0 Å². The molecule has 0 spiro atoms. The van der Waals surface area contributed by atoms with Crippen molar-refractivity contribution >= 4 is 11.0 Å². The zero-order chi connectivity index (χ0) is 12.7. The highest BCUT2D eigenvalue weighted by Crippen LogP contribution is 2.26. The molecule has 100 valence electrons. The average molecular weight is 256 g/mol. The standard InChI is InChI=1S/C16H20N2O/c1-2-4-15-14(3-1)13(11-19-15)7-8-18-10-12-5-6-16(18)17-9-12/h1-4,11-12,16-17H,5-10H2. The lowest BCUT2D eigenvalue weighted by Gasteiger charge is -2.46. The van der Waals surface area contributed by atoms with E-state index >= 15 is 0 Å². The van der Waals surface area contributed by atoms with Crippen molar-refractivity contribution in [3.05, 3.63) is 36.1 Å². The van der Waals surface area contributed by atoms with Crippen molar-refractivity contribution in [2.75, 3.05) is 19.6 Å². The third-order valence-corrected chi connectivity index (χ3v) is 4.65. The van der Waals surface area contributed by atoms with Crippen LogP contribution in [0.5, 0.6) is 0 Å². The van der Waals surface area contributed by atoms with Gasteiger partial charge in [0.1, 0.15) is 5.58 Å². The molecule has 1 aromatic heterocycles. The molecule has 3 aliphatic rings. The van der Waals surface area contributed by atoms with Gasteiger partial charge in [-0.1, -0.05) is 18.2 Å². The van der Waals surface area contributed by atoms with Gasteiger partial charge in [-0.25, -0.2) is 0 Å². The summed E-state index contributed by atoms with van der Waals surface area (Å²) in [6.07, 6.45) is 6.35. The van der Waals surface area contributed by atoms with Gasteiger partial charge in [0.15, 0.2) is 0 Å². The zero-order valence-corrected chi connectivity index (χ0v) is 11.1. The SMILES string of the molecule is c1ccc2c(CCN3CC4CCC3NC4)coc2c1. The van der Waals surface area contributed by atoms with Gasteiger partial charge >= 0.3 is 0 Å². The lowest BCUT2D eigenvalue weighted by atomic mass is 9.91. The Morgan fingerprint density at radius 2 is 2.21 bits per heavy atom. The number of hydrogen-bond acceptors (Lipinski definition) is 3. The summed E-state index contributed by atoms with van der Waals surface area (Å²) in [6.45, 7) is 3.63. The number of nitrogens with one attached hydrogen (secondary N) is 1. The Morgan fingerprint density at radius 3 is 3.00 bits per heavy atom.